The van der Waals surface area contributed by atoms with Gasteiger partial charge in [0, 0.05) is 6.04 Å². The van der Waals surface area contributed by atoms with E-state index in [0.717, 1.165) is 18.9 Å². The van der Waals surface area contributed by atoms with Crippen LogP contribution < -0.4 is 5.32 Å². The molecule has 108 valence electrons. The van der Waals surface area contributed by atoms with Crippen molar-refractivity contribution in [2.24, 2.45) is 5.92 Å². The lowest BCUT2D eigenvalue weighted by Crippen LogP contribution is -2.33. The SMILES string of the molecule is CCNC(Cc1ccc(Cl)c(Cl)c1)CC(CC)CC. The minimum atomic E-state index is 0.521. The van der Waals surface area contributed by atoms with Gasteiger partial charge >= 0.3 is 0 Å². The Morgan fingerprint density at radius 1 is 1.05 bits per heavy atom. The highest BCUT2D eigenvalue weighted by Gasteiger charge is 2.14. The summed E-state index contributed by atoms with van der Waals surface area (Å²) in [6.07, 6.45) is 4.74. The van der Waals surface area contributed by atoms with Gasteiger partial charge in [0.15, 0.2) is 0 Å². The molecule has 0 radical (unpaired) electrons. The Hall–Kier alpha value is -0.240. The lowest BCUT2D eigenvalue weighted by molar-refractivity contribution is 0.367. The highest BCUT2D eigenvalue weighted by Crippen LogP contribution is 2.24. The van der Waals surface area contributed by atoms with Crippen LogP contribution in [-0.4, -0.2) is 12.6 Å². The number of halogens is 2. The Kier molecular flexibility index (Phi) is 7.82. The third-order valence-corrected chi connectivity index (χ3v) is 4.47. The molecule has 1 unspecified atom stereocenters. The number of nitrogens with one attached hydrogen (secondary N) is 1. The molecule has 0 bridgehead atoms. The molecule has 0 aromatic heterocycles. The maximum atomic E-state index is 6.08. The molecule has 1 rings (SSSR count). The van der Waals surface area contributed by atoms with Gasteiger partial charge in [-0.3, -0.25) is 0 Å². The Morgan fingerprint density at radius 2 is 1.74 bits per heavy atom. The van der Waals surface area contributed by atoms with E-state index in [9.17, 15) is 0 Å². The Bertz CT molecular complexity index is 375. The van der Waals surface area contributed by atoms with Crippen molar-refractivity contribution in [3.05, 3.63) is 33.8 Å². The standard InChI is InChI=1S/C16H25Cl2N/c1-4-12(5-2)9-14(19-6-3)10-13-7-8-15(17)16(18)11-13/h7-8,11-12,14,19H,4-6,9-10H2,1-3H3. The van der Waals surface area contributed by atoms with Crippen molar-refractivity contribution in [2.45, 2.75) is 52.5 Å². The summed E-state index contributed by atoms with van der Waals surface area (Å²) in [6, 6.07) is 6.47. The average molecular weight is 302 g/mol. The first-order valence-corrected chi connectivity index (χ1v) is 8.03. The van der Waals surface area contributed by atoms with E-state index in [-0.39, 0.29) is 0 Å². The van der Waals surface area contributed by atoms with Gasteiger partial charge in [-0.2, -0.15) is 0 Å². The first-order valence-electron chi connectivity index (χ1n) is 7.27. The second-order valence-electron chi connectivity index (χ2n) is 5.13. The largest absolute Gasteiger partial charge is 0.314 e. The zero-order chi connectivity index (χ0) is 14.3. The van der Waals surface area contributed by atoms with Crippen LogP contribution in [0.2, 0.25) is 10.0 Å². The lowest BCUT2D eigenvalue weighted by atomic mass is 9.91. The van der Waals surface area contributed by atoms with Crippen LogP contribution in [-0.2, 0) is 6.42 Å². The fraction of sp³-hybridized carbons (Fsp3) is 0.625. The van der Waals surface area contributed by atoms with E-state index in [1.165, 1.54) is 24.8 Å². The van der Waals surface area contributed by atoms with Crippen LogP contribution in [0.25, 0.3) is 0 Å². The van der Waals surface area contributed by atoms with Crippen molar-refractivity contribution in [1.29, 1.82) is 0 Å². The van der Waals surface area contributed by atoms with Gasteiger partial charge in [-0.05, 0) is 43.0 Å². The number of hydrogen-bond acceptors (Lipinski definition) is 1. The summed E-state index contributed by atoms with van der Waals surface area (Å²) >= 11 is 12.0. The Morgan fingerprint density at radius 3 is 2.26 bits per heavy atom. The fourth-order valence-corrected chi connectivity index (χ4v) is 2.82. The lowest BCUT2D eigenvalue weighted by Gasteiger charge is -2.23. The summed E-state index contributed by atoms with van der Waals surface area (Å²) in [6.45, 7) is 7.72. The first kappa shape index (κ1) is 16.8. The van der Waals surface area contributed by atoms with Crippen molar-refractivity contribution in [1.82, 2.24) is 5.32 Å². The third-order valence-electron chi connectivity index (χ3n) is 3.73. The van der Waals surface area contributed by atoms with Gasteiger partial charge in [-0.1, -0.05) is 62.9 Å². The molecular weight excluding hydrogens is 277 g/mol. The van der Waals surface area contributed by atoms with Crippen molar-refractivity contribution in [3.63, 3.8) is 0 Å². The molecular formula is C16H25Cl2N. The van der Waals surface area contributed by atoms with Gasteiger partial charge in [0.1, 0.15) is 0 Å². The van der Waals surface area contributed by atoms with Crippen LogP contribution in [0, 0.1) is 5.92 Å². The summed E-state index contributed by atoms with van der Waals surface area (Å²) in [4.78, 5) is 0. The molecule has 19 heavy (non-hydrogen) atoms. The number of benzene rings is 1. The van der Waals surface area contributed by atoms with E-state index in [0.29, 0.717) is 16.1 Å². The predicted molar refractivity (Wildman–Crippen MR) is 86.3 cm³/mol. The topological polar surface area (TPSA) is 12.0 Å². The van der Waals surface area contributed by atoms with Crippen LogP contribution >= 0.6 is 23.2 Å². The van der Waals surface area contributed by atoms with Gasteiger partial charge in [0.25, 0.3) is 0 Å². The minimum absolute atomic E-state index is 0.521. The molecule has 1 aromatic carbocycles. The number of rotatable bonds is 8. The highest BCUT2D eigenvalue weighted by molar-refractivity contribution is 6.42. The Labute approximate surface area is 127 Å². The maximum Gasteiger partial charge on any atom is 0.0595 e. The Balaban J connectivity index is 2.68. The van der Waals surface area contributed by atoms with Crippen molar-refractivity contribution < 1.29 is 0 Å². The normalized spacial score (nSPS) is 12.9. The van der Waals surface area contributed by atoms with Crippen LogP contribution in [0.1, 0.15) is 45.6 Å². The summed E-state index contributed by atoms with van der Waals surface area (Å²) in [5.41, 5.74) is 1.26. The van der Waals surface area contributed by atoms with Gasteiger partial charge in [0.05, 0.1) is 10.0 Å². The molecule has 1 atom stereocenters. The maximum absolute atomic E-state index is 6.08. The quantitative estimate of drug-likeness (QED) is 0.683. The molecule has 0 saturated heterocycles. The smallest absolute Gasteiger partial charge is 0.0595 e. The zero-order valence-corrected chi connectivity index (χ0v) is 13.7. The van der Waals surface area contributed by atoms with Crippen LogP contribution in [0.5, 0.6) is 0 Å². The molecule has 1 aromatic rings. The van der Waals surface area contributed by atoms with E-state index < -0.39 is 0 Å². The first-order chi connectivity index (χ1) is 9.10. The minimum Gasteiger partial charge on any atom is -0.314 e. The van der Waals surface area contributed by atoms with Crippen molar-refractivity contribution >= 4 is 23.2 Å². The van der Waals surface area contributed by atoms with E-state index >= 15 is 0 Å². The zero-order valence-electron chi connectivity index (χ0n) is 12.2. The summed E-state index contributed by atoms with van der Waals surface area (Å²) in [5.74, 6) is 0.798. The second-order valence-corrected chi connectivity index (χ2v) is 5.94. The van der Waals surface area contributed by atoms with Crippen LogP contribution in [0.4, 0.5) is 0 Å². The molecule has 0 amide bonds. The van der Waals surface area contributed by atoms with Gasteiger partial charge in [-0.25, -0.2) is 0 Å². The predicted octanol–water partition coefficient (Wildman–Crippen LogP) is 5.34. The molecule has 0 spiro atoms. The summed E-state index contributed by atoms with van der Waals surface area (Å²) < 4.78 is 0. The van der Waals surface area contributed by atoms with E-state index in [4.69, 9.17) is 23.2 Å². The van der Waals surface area contributed by atoms with Gasteiger partial charge < -0.3 is 5.32 Å². The van der Waals surface area contributed by atoms with Crippen LogP contribution in [0.15, 0.2) is 18.2 Å². The van der Waals surface area contributed by atoms with E-state index in [1.54, 1.807) is 0 Å². The van der Waals surface area contributed by atoms with Crippen molar-refractivity contribution in [3.8, 4) is 0 Å². The monoisotopic (exact) mass is 301 g/mol. The summed E-state index contributed by atoms with van der Waals surface area (Å²) in [5, 5.41) is 4.87. The van der Waals surface area contributed by atoms with Crippen molar-refractivity contribution in [2.75, 3.05) is 6.54 Å². The number of likely N-dealkylation sites (N-methyl/N-ethyl adjacent to an activating group) is 1. The molecule has 0 fully saturated rings. The molecule has 1 nitrogen and oxygen atoms in total. The highest BCUT2D eigenvalue weighted by atomic mass is 35.5. The molecule has 0 aliphatic heterocycles. The fourth-order valence-electron chi connectivity index (χ4n) is 2.50. The molecule has 3 heteroatoms. The van der Waals surface area contributed by atoms with Gasteiger partial charge in [0.2, 0.25) is 0 Å². The van der Waals surface area contributed by atoms with Gasteiger partial charge in [-0.15, -0.1) is 0 Å². The molecule has 1 N–H and O–H groups in total. The van der Waals surface area contributed by atoms with E-state index in [2.05, 4.69) is 32.2 Å². The molecule has 0 aliphatic carbocycles. The molecule has 0 saturated carbocycles. The van der Waals surface area contributed by atoms with E-state index in [1.807, 2.05) is 12.1 Å². The molecule has 0 heterocycles. The van der Waals surface area contributed by atoms with Crippen LogP contribution in [0.3, 0.4) is 0 Å². The third kappa shape index (κ3) is 5.72. The summed E-state index contributed by atoms with van der Waals surface area (Å²) in [7, 11) is 0. The molecule has 0 aliphatic rings. The average Bonchev–Trinajstić information content (AvgIpc) is 2.40. The number of hydrogen-bond donors (Lipinski definition) is 1. The second kappa shape index (κ2) is 8.84.